The van der Waals surface area contributed by atoms with Crippen molar-refractivity contribution in [3.8, 4) is 0 Å². The van der Waals surface area contributed by atoms with Crippen LogP contribution in [0.25, 0.3) is 0 Å². The number of hydrogen-bond donors (Lipinski definition) is 1. The van der Waals surface area contributed by atoms with Crippen LogP contribution in [-0.4, -0.2) is 23.5 Å². The fraction of sp³-hybridized carbons (Fsp3) is 0.417. The number of rotatable bonds is 5. The third-order valence-electron chi connectivity index (χ3n) is 2.69. The van der Waals surface area contributed by atoms with E-state index >= 15 is 0 Å². The monoisotopic (exact) mass is 288 g/mol. The molecule has 2 unspecified atom stereocenters. The summed E-state index contributed by atoms with van der Waals surface area (Å²) in [5, 5.41) is 2.67. The van der Waals surface area contributed by atoms with Crippen LogP contribution in [0.4, 0.5) is 0 Å². The molecule has 0 aromatic rings. The van der Waals surface area contributed by atoms with Gasteiger partial charge >= 0.3 is 6.80 Å². The van der Waals surface area contributed by atoms with Crippen LogP contribution in [-0.2, 0) is 9.36 Å². The van der Waals surface area contributed by atoms with Crippen molar-refractivity contribution in [3.63, 3.8) is 0 Å². The van der Waals surface area contributed by atoms with E-state index in [0.29, 0.717) is 0 Å². The second-order valence-electron chi connectivity index (χ2n) is 4.14. The lowest BCUT2D eigenvalue weighted by atomic mass is 10.3. The maximum Gasteiger partial charge on any atom is 0.326 e. The summed E-state index contributed by atoms with van der Waals surface area (Å²) >= 11 is 6.03. The molecule has 0 saturated carbocycles. The first-order valence-electron chi connectivity index (χ1n) is 5.70. The van der Waals surface area contributed by atoms with Gasteiger partial charge in [-0.15, -0.1) is 0 Å². The zero-order chi connectivity index (χ0) is 13.8. The first kappa shape index (κ1) is 15.2. The molecule has 0 aromatic carbocycles. The van der Waals surface area contributed by atoms with Crippen molar-refractivity contribution in [2.75, 3.05) is 7.05 Å². The molecule has 1 aliphatic carbocycles. The van der Waals surface area contributed by atoms with E-state index in [0.717, 1.165) is 12.1 Å². The van der Waals surface area contributed by atoms with Crippen LogP contribution in [0, 0.1) is 0 Å². The molecule has 0 radical (unpaired) electrons. The molecule has 2 atom stereocenters. The average Bonchev–Trinajstić information content (AvgIpc) is 2.55. The first-order valence-corrected chi connectivity index (χ1v) is 8.26. The number of ketones is 1. The lowest BCUT2D eigenvalue weighted by molar-refractivity contribution is -0.118. The van der Waals surface area contributed by atoms with Gasteiger partial charge in [-0.25, -0.2) is 5.09 Å². The van der Waals surface area contributed by atoms with Crippen molar-refractivity contribution in [2.45, 2.75) is 26.3 Å². The molecule has 6 heteroatoms. The minimum atomic E-state index is -3.30. The lowest BCUT2D eigenvalue weighted by Gasteiger charge is -2.27. The van der Waals surface area contributed by atoms with E-state index in [1.807, 2.05) is 30.4 Å². The maximum absolute atomic E-state index is 12.4. The Hall–Kier alpha value is -0.830. The van der Waals surface area contributed by atoms with Crippen molar-refractivity contribution in [2.24, 2.45) is 0 Å². The Labute approximate surface area is 113 Å². The predicted octanol–water partition coefficient (Wildman–Crippen LogP) is 3.23. The normalized spacial score (nSPS) is 19.7. The highest BCUT2D eigenvalue weighted by Gasteiger charge is 2.28. The molecule has 0 aliphatic heterocycles. The zero-order valence-electron chi connectivity index (χ0n) is 10.8. The summed E-state index contributed by atoms with van der Waals surface area (Å²) in [7, 11) is 1.64. The summed E-state index contributed by atoms with van der Waals surface area (Å²) in [6.45, 7) is -0.226. The predicted molar refractivity (Wildman–Crippen MR) is 75.5 cm³/mol. The summed E-state index contributed by atoms with van der Waals surface area (Å²) in [5.74, 6) is -0.102. The topological polar surface area (TPSA) is 49.4 Å². The third-order valence-corrected chi connectivity index (χ3v) is 5.37. The SMILES string of the molecule is CC(=O)C(C)NP(=O)(Cl)N(C)C1=CC=CCC=C1. The highest BCUT2D eigenvalue weighted by Crippen LogP contribution is 2.52. The van der Waals surface area contributed by atoms with Crippen LogP contribution in [0.15, 0.2) is 36.1 Å². The highest BCUT2D eigenvalue weighted by molar-refractivity contribution is 7.85. The molecular weight excluding hydrogens is 271 g/mol. The molecule has 0 amide bonds. The minimum Gasteiger partial charge on any atom is -0.302 e. The second kappa shape index (κ2) is 6.37. The van der Waals surface area contributed by atoms with Crippen LogP contribution in [0.3, 0.4) is 0 Å². The minimum absolute atomic E-state index is 0.102. The van der Waals surface area contributed by atoms with Crippen molar-refractivity contribution >= 4 is 23.8 Å². The van der Waals surface area contributed by atoms with Crippen LogP contribution < -0.4 is 5.09 Å². The Bertz CT molecular complexity index is 457. The molecule has 1 N–H and O–H groups in total. The van der Waals surface area contributed by atoms with Gasteiger partial charge in [-0.3, -0.25) is 9.36 Å². The molecule has 4 nitrogen and oxygen atoms in total. The van der Waals surface area contributed by atoms with Gasteiger partial charge in [0.15, 0.2) is 0 Å². The van der Waals surface area contributed by atoms with Gasteiger partial charge < -0.3 is 4.67 Å². The largest absolute Gasteiger partial charge is 0.326 e. The summed E-state index contributed by atoms with van der Waals surface area (Å²) in [4.78, 5) is 11.2. The Morgan fingerprint density at radius 2 is 2.22 bits per heavy atom. The standard InChI is InChI=1S/C12H18ClN2O2P/c1-10(11(2)16)14-18(13,17)15(3)12-8-6-4-5-7-9-12/h4,6-10H,5H2,1-3H3,(H,14,17). The molecule has 1 rings (SSSR count). The van der Waals surface area contributed by atoms with E-state index in [9.17, 15) is 9.36 Å². The Morgan fingerprint density at radius 3 is 2.83 bits per heavy atom. The van der Waals surface area contributed by atoms with E-state index in [1.54, 1.807) is 14.0 Å². The first-order chi connectivity index (χ1) is 8.34. The molecule has 0 fully saturated rings. The number of nitrogens with one attached hydrogen (secondary N) is 1. The highest BCUT2D eigenvalue weighted by atomic mass is 35.7. The number of likely N-dealkylation sites (N-methyl/N-ethyl adjacent to an activating group) is 1. The van der Waals surface area contributed by atoms with Crippen molar-refractivity contribution in [1.29, 1.82) is 0 Å². The Kier molecular flexibility index (Phi) is 5.39. The Balaban J connectivity index is 2.84. The molecule has 1 aliphatic rings. The van der Waals surface area contributed by atoms with Crippen molar-refractivity contribution < 1.29 is 9.36 Å². The summed E-state index contributed by atoms with van der Waals surface area (Å²) in [6, 6.07) is -0.540. The molecule has 0 heterocycles. The number of Topliss-reactive ketones (excluding diaryl/α,β-unsaturated/α-hetero) is 1. The Morgan fingerprint density at radius 1 is 1.56 bits per heavy atom. The van der Waals surface area contributed by atoms with Gasteiger partial charge in [-0.2, -0.15) is 0 Å². The summed E-state index contributed by atoms with van der Waals surface area (Å²) in [5.41, 5.74) is 0.741. The summed E-state index contributed by atoms with van der Waals surface area (Å²) < 4.78 is 13.8. The van der Waals surface area contributed by atoms with Crippen molar-refractivity contribution in [1.82, 2.24) is 9.76 Å². The number of halogens is 1. The van der Waals surface area contributed by atoms with Gasteiger partial charge in [0, 0.05) is 12.7 Å². The van der Waals surface area contributed by atoms with Crippen molar-refractivity contribution in [3.05, 3.63) is 36.1 Å². The van der Waals surface area contributed by atoms with Gasteiger partial charge in [-0.1, -0.05) is 18.2 Å². The number of nitrogens with zero attached hydrogens (tertiary/aromatic N) is 1. The molecule has 0 spiro atoms. The van der Waals surface area contributed by atoms with E-state index in [2.05, 4.69) is 5.09 Å². The quantitative estimate of drug-likeness (QED) is 0.789. The van der Waals surface area contributed by atoms with Gasteiger partial charge in [0.2, 0.25) is 0 Å². The maximum atomic E-state index is 12.4. The lowest BCUT2D eigenvalue weighted by Crippen LogP contribution is -2.32. The van der Waals surface area contributed by atoms with E-state index < -0.39 is 12.8 Å². The number of carbonyl (C=O) groups excluding carboxylic acids is 1. The number of hydrogen-bond acceptors (Lipinski definition) is 2. The number of carbonyl (C=O) groups is 1. The van der Waals surface area contributed by atoms with Gasteiger partial charge in [0.25, 0.3) is 0 Å². The average molecular weight is 289 g/mol. The smallest absolute Gasteiger partial charge is 0.302 e. The van der Waals surface area contributed by atoms with E-state index in [4.69, 9.17) is 11.2 Å². The fourth-order valence-corrected chi connectivity index (χ4v) is 3.31. The zero-order valence-corrected chi connectivity index (χ0v) is 12.4. The molecule has 0 aromatic heterocycles. The molecule has 0 bridgehead atoms. The van der Waals surface area contributed by atoms with Gasteiger partial charge in [-0.05, 0) is 43.7 Å². The van der Waals surface area contributed by atoms with E-state index in [1.165, 1.54) is 11.6 Å². The molecular formula is C12H18ClN2O2P. The molecule has 18 heavy (non-hydrogen) atoms. The number of allylic oxidation sites excluding steroid dienone is 5. The van der Waals surface area contributed by atoms with E-state index in [-0.39, 0.29) is 5.78 Å². The molecule has 100 valence electrons. The summed E-state index contributed by atoms with van der Waals surface area (Å²) in [6.07, 6.45) is 10.3. The van der Waals surface area contributed by atoms with Gasteiger partial charge in [0.05, 0.1) is 6.04 Å². The van der Waals surface area contributed by atoms with Crippen LogP contribution in [0.2, 0.25) is 0 Å². The fourth-order valence-electron chi connectivity index (χ4n) is 1.35. The third kappa shape index (κ3) is 4.13. The van der Waals surface area contributed by atoms with Crippen LogP contribution >= 0.6 is 18.0 Å². The van der Waals surface area contributed by atoms with Crippen LogP contribution in [0.1, 0.15) is 20.3 Å². The second-order valence-corrected chi connectivity index (χ2v) is 7.38. The van der Waals surface area contributed by atoms with Gasteiger partial charge in [0.1, 0.15) is 5.78 Å². The molecule has 0 saturated heterocycles. The van der Waals surface area contributed by atoms with Crippen LogP contribution in [0.5, 0.6) is 0 Å².